The van der Waals surface area contributed by atoms with Crippen molar-refractivity contribution in [2.75, 3.05) is 13.6 Å². The summed E-state index contributed by atoms with van der Waals surface area (Å²) in [5, 5.41) is 9.96. The van der Waals surface area contributed by atoms with Crippen molar-refractivity contribution in [3.05, 3.63) is 29.6 Å². The lowest BCUT2D eigenvalue weighted by Gasteiger charge is -2.20. The zero-order valence-corrected chi connectivity index (χ0v) is 12.7. The third kappa shape index (κ3) is 2.65. The highest BCUT2D eigenvalue weighted by Crippen LogP contribution is 2.32. The molecule has 5 heteroatoms. The third-order valence-electron chi connectivity index (χ3n) is 4.33. The maximum atomic E-state index is 12.4. The summed E-state index contributed by atoms with van der Waals surface area (Å²) < 4.78 is 2.00. The van der Waals surface area contributed by atoms with Gasteiger partial charge in [-0.25, -0.2) is 4.98 Å². The van der Waals surface area contributed by atoms with Gasteiger partial charge in [0.1, 0.15) is 5.82 Å². The molecule has 1 amide bonds. The van der Waals surface area contributed by atoms with E-state index in [9.17, 15) is 9.90 Å². The van der Waals surface area contributed by atoms with Crippen LogP contribution in [-0.2, 0) is 7.05 Å². The van der Waals surface area contributed by atoms with E-state index in [0.29, 0.717) is 18.0 Å². The van der Waals surface area contributed by atoms with Crippen molar-refractivity contribution in [3.63, 3.8) is 0 Å². The first kappa shape index (κ1) is 14.1. The number of hydrogen-bond acceptors (Lipinski definition) is 3. The SMILES string of the molecule is Cc1nc2cc(C(=O)N(C)CC(O)C3CC3)ccc2n1C. The van der Waals surface area contributed by atoms with Crippen LogP contribution < -0.4 is 0 Å². The summed E-state index contributed by atoms with van der Waals surface area (Å²) in [5.41, 5.74) is 2.47. The fraction of sp³-hybridized carbons (Fsp3) is 0.500. The standard InChI is InChI=1S/C16H21N3O2/c1-10-17-13-8-12(6-7-14(13)19(10)3)16(21)18(2)9-15(20)11-4-5-11/h6-8,11,15,20H,4-5,9H2,1-3H3. The Hall–Kier alpha value is -1.88. The topological polar surface area (TPSA) is 58.4 Å². The molecule has 1 unspecified atom stereocenters. The van der Waals surface area contributed by atoms with Crippen LogP contribution in [0, 0.1) is 12.8 Å². The number of aliphatic hydroxyl groups excluding tert-OH is 1. The van der Waals surface area contributed by atoms with E-state index >= 15 is 0 Å². The fourth-order valence-electron chi connectivity index (χ4n) is 2.67. The molecule has 3 rings (SSSR count). The van der Waals surface area contributed by atoms with Gasteiger partial charge in [-0.2, -0.15) is 0 Å². The van der Waals surface area contributed by atoms with Gasteiger partial charge in [-0.1, -0.05) is 0 Å². The highest BCUT2D eigenvalue weighted by molar-refractivity contribution is 5.97. The Bertz CT molecular complexity index is 688. The minimum absolute atomic E-state index is 0.0695. The molecular formula is C16H21N3O2. The second-order valence-electron chi connectivity index (χ2n) is 6.01. The normalized spacial score (nSPS) is 16.2. The van der Waals surface area contributed by atoms with Crippen LogP contribution in [0.25, 0.3) is 11.0 Å². The lowest BCUT2D eigenvalue weighted by atomic mass is 10.1. The number of fused-ring (bicyclic) bond motifs is 1. The summed E-state index contributed by atoms with van der Waals surface area (Å²) in [5.74, 6) is 1.23. The number of benzene rings is 1. The van der Waals surface area contributed by atoms with E-state index in [1.54, 1.807) is 11.9 Å². The lowest BCUT2D eigenvalue weighted by molar-refractivity contribution is 0.0645. The number of aromatic nitrogens is 2. The molecule has 0 saturated heterocycles. The minimum Gasteiger partial charge on any atom is -0.391 e. The lowest BCUT2D eigenvalue weighted by Crippen LogP contribution is -2.35. The van der Waals surface area contributed by atoms with Gasteiger partial charge in [0, 0.05) is 26.2 Å². The first-order chi connectivity index (χ1) is 9.97. The average Bonchev–Trinajstić information content (AvgIpc) is 3.26. The predicted molar refractivity (Wildman–Crippen MR) is 81.1 cm³/mol. The molecule has 1 aromatic carbocycles. The summed E-state index contributed by atoms with van der Waals surface area (Å²) in [7, 11) is 3.70. The molecule has 1 aromatic heterocycles. The van der Waals surface area contributed by atoms with Crippen LogP contribution >= 0.6 is 0 Å². The summed E-state index contributed by atoms with van der Waals surface area (Å²) in [6.07, 6.45) is 1.74. The number of imidazole rings is 1. The number of carbonyl (C=O) groups is 1. The molecule has 0 aliphatic heterocycles. The van der Waals surface area contributed by atoms with Crippen LogP contribution in [0.5, 0.6) is 0 Å². The molecule has 21 heavy (non-hydrogen) atoms. The van der Waals surface area contributed by atoms with E-state index in [1.165, 1.54) is 0 Å². The van der Waals surface area contributed by atoms with Crippen LogP contribution in [0.3, 0.4) is 0 Å². The van der Waals surface area contributed by atoms with Gasteiger partial charge in [-0.15, -0.1) is 0 Å². The molecule has 1 fully saturated rings. The average molecular weight is 287 g/mol. The van der Waals surface area contributed by atoms with Gasteiger partial charge in [0.25, 0.3) is 5.91 Å². The first-order valence-corrected chi connectivity index (χ1v) is 7.34. The van der Waals surface area contributed by atoms with E-state index in [-0.39, 0.29) is 5.91 Å². The van der Waals surface area contributed by atoms with E-state index < -0.39 is 6.10 Å². The maximum absolute atomic E-state index is 12.4. The van der Waals surface area contributed by atoms with Crippen LogP contribution in [0.15, 0.2) is 18.2 Å². The van der Waals surface area contributed by atoms with Crippen molar-refractivity contribution in [3.8, 4) is 0 Å². The van der Waals surface area contributed by atoms with Crippen molar-refractivity contribution in [1.29, 1.82) is 0 Å². The number of amides is 1. The number of hydrogen-bond donors (Lipinski definition) is 1. The van der Waals surface area contributed by atoms with E-state index in [1.807, 2.05) is 36.7 Å². The molecule has 1 heterocycles. The molecule has 1 aliphatic rings. The Morgan fingerprint density at radius 1 is 1.52 bits per heavy atom. The van der Waals surface area contributed by atoms with Crippen molar-refractivity contribution < 1.29 is 9.90 Å². The molecule has 1 N–H and O–H groups in total. The van der Waals surface area contributed by atoms with Gasteiger partial charge in [-0.05, 0) is 43.9 Å². The highest BCUT2D eigenvalue weighted by atomic mass is 16.3. The summed E-state index contributed by atoms with van der Waals surface area (Å²) in [6, 6.07) is 5.57. The number of aryl methyl sites for hydroxylation is 2. The smallest absolute Gasteiger partial charge is 0.253 e. The first-order valence-electron chi connectivity index (χ1n) is 7.34. The zero-order chi connectivity index (χ0) is 15.1. The quantitative estimate of drug-likeness (QED) is 0.931. The van der Waals surface area contributed by atoms with Gasteiger partial charge >= 0.3 is 0 Å². The third-order valence-corrected chi connectivity index (χ3v) is 4.33. The van der Waals surface area contributed by atoms with Gasteiger partial charge in [0.05, 0.1) is 17.1 Å². The Morgan fingerprint density at radius 3 is 2.90 bits per heavy atom. The van der Waals surface area contributed by atoms with Crippen LogP contribution in [0.2, 0.25) is 0 Å². The zero-order valence-electron chi connectivity index (χ0n) is 12.7. The van der Waals surface area contributed by atoms with E-state index in [4.69, 9.17) is 0 Å². The Morgan fingerprint density at radius 2 is 2.24 bits per heavy atom. The largest absolute Gasteiger partial charge is 0.391 e. The van der Waals surface area contributed by atoms with Crippen molar-refractivity contribution in [1.82, 2.24) is 14.5 Å². The molecule has 1 atom stereocenters. The number of carbonyl (C=O) groups excluding carboxylic acids is 1. The molecule has 112 valence electrons. The van der Waals surface area contributed by atoms with Crippen molar-refractivity contribution >= 4 is 16.9 Å². The minimum atomic E-state index is -0.403. The van der Waals surface area contributed by atoms with Crippen molar-refractivity contribution in [2.24, 2.45) is 13.0 Å². The van der Waals surface area contributed by atoms with Crippen molar-refractivity contribution in [2.45, 2.75) is 25.9 Å². The molecule has 0 spiro atoms. The summed E-state index contributed by atoms with van der Waals surface area (Å²) in [4.78, 5) is 18.5. The molecule has 2 aromatic rings. The van der Waals surface area contributed by atoms with Crippen LogP contribution in [0.1, 0.15) is 29.0 Å². The van der Waals surface area contributed by atoms with Crippen LogP contribution in [-0.4, -0.2) is 45.2 Å². The maximum Gasteiger partial charge on any atom is 0.253 e. The molecule has 1 saturated carbocycles. The number of likely N-dealkylation sites (N-methyl/N-ethyl adjacent to an activating group) is 1. The number of aliphatic hydroxyl groups is 1. The fourth-order valence-corrected chi connectivity index (χ4v) is 2.67. The number of rotatable bonds is 4. The van der Waals surface area contributed by atoms with Gasteiger partial charge in [-0.3, -0.25) is 4.79 Å². The Balaban J connectivity index is 1.80. The number of nitrogens with zero attached hydrogens (tertiary/aromatic N) is 3. The van der Waals surface area contributed by atoms with Gasteiger partial charge in [0.2, 0.25) is 0 Å². The van der Waals surface area contributed by atoms with Gasteiger partial charge < -0.3 is 14.6 Å². The molecular weight excluding hydrogens is 266 g/mol. The second-order valence-corrected chi connectivity index (χ2v) is 6.01. The van der Waals surface area contributed by atoms with Crippen LogP contribution in [0.4, 0.5) is 0 Å². The summed E-state index contributed by atoms with van der Waals surface area (Å²) in [6.45, 7) is 2.34. The Labute approximate surface area is 124 Å². The molecule has 0 radical (unpaired) electrons. The molecule has 1 aliphatic carbocycles. The monoisotopic (exact) mass is 287 g/mol. The highest BCUT2D eigenvalue weighted by Gasteiger charge is 2.31. The Kier molecular flexibility index (Phi) is 3.45. The summed E-state index contributed by atoms with van der Waals surface area (Å²) >= 11 is 0. The van der Waals surface area contributed by atoms with E-state index in [2.05, 4.69) is 4.98 Å². The second kappa shape index (κ2) is 5.15. The predicted octanol–water partition coefficient (Wildman–Crippen LogP) is 1.72. The molecule has 0 bridgehead atoms. The van der Waals surface area contributed by atoms with E-state index in [0.717, 1.165) is 29.7 Å². The molecule has 5 nitrogen and oxygen atoms in total. The van der Waals surface area contributed by atoms with Gasteiger partial charge in [0.15, 0.2) is 0 Å².